The van der Waals surface area contributed by atoms with Crippen LogP contribution in [0.25, 0.3) is 21.5 Å². The molecule has 0 aliphatic rings. The molecule has 0 heterocycles. The molecule has 9 heteroatoms. The summed E-state index contributed by atoms with van der Waals surface area (Å²) in [5, 5.41) is 13.8. The Labute approximate surface area is 206 Å². The van der Waals surface area contributed by atoms with Gasteiger partial charge in [-0.25, -0.2) is 0 Å². The van der Waals surface area contributed by atoms with Gasteiger partial charge in [-0.05, 0) is 18.6 Å². The molecule has 0 aliphatic heterocycles. The maximum absolute atomic E-state index is 9.16. The van der Waals surface area contributed by atoms with E-state index >= 15 is 0 Å². The van der Waals surface area contributed by atoms with Crippen molar-refractivity contribution in [3.8, 4) is 11.5 Å². The van der Waals surface area contributed by atoms with Crippen molar-refractivity contribution < 1.29 is 18.7 Å². The lowest BCUT2D eigenvalue weighted by Crippen LogP contribution is -2.04. The van der Waals surface area contributed by atoms with Gasteiger partial charge >= 0.3 is 8.60 Å². The van der Waals surface area contributed by atoms with Gasteiger partial charge in [0.1, 0.15) is 0 Å². The molecule has 0 atom stereocenters. The van der Waals surface area contributed by atoms with Gasteiger partial charge in [0, 0.05) is 28.2 Å². The second kappa shape index (κ2) is 10.6. The fourth-order valence-electron chi connectivity index (χ4n) is 3.15. The van der Waals surface area contributed by atoms with Gasteiger partial charge in [0.05, 0.1) is 26.7 Å². The van der Waals surface area contributed by atoms with E-state index in [1.807, 2.05) is 48.5 Å². The van der Waals surface area contributed by atoms with Crippen molar-refractivity contribution in [1.29, 1.82) is 0 Å². The Morgan fingerprint density at radius 3 is 1.53 bits per heavy atom. The second-order valence-corrected chi connectivity index (χ2v) is 9.45. The van der Waals surface area contributed by atoms with Gasteiger partial charge < -0.3 is 14.2 Å². The summed E-state index contributed by atoms with van der Waals surface area (Å²) < 4.78 is 18.1. The third-order valence-corrected chi connectivity index (χ3v) is 6.87. The van der Waals surface area contributed by atoms with Gasteiger partial charge in [0.25, 0.3) is 0 Å². The summed E-state index contributed by atoms with van der Waals surface area (Å²) in [6.45, 7) is 0.187. The van der Waals surface area contributed by atoms with Gasteiger partial charge in [-0.3, -0.25) is 4.52 Å². The number of hydrogen-bond acceptors (Lipinski definition) is 4. The molecule has 0 aromatic heterocycles. The van der Waals surface area contributed by atoms with Crippen LogP contribution in [0.5, 0.6) is 11.5 Å². The van der Waals surface area contributed by atoms with Gasteiger partial charge in [0.15, 0.2) is 11.5 Å². The maximum atomic E-state index is 9.16. The first-order valence-corrected chi connectivity index (χ1v) is 12.2. The molecule has 0 spiro atoms. The number of aliphatic hydroxyl groups excluding tert-OH is 1. The van der Waals surface area contributed by atoms with Crippen LogP contribution >= 0.6 is 55.0 Å². The Morgan fingerprint density at radius 1 is 0.656 bits per heavy atom. The summed E-state index contributed by atoms with van der Waals surface area (Å²) in [4.78, 5) is 0. The lowest BCUT2D eigenvalue weighted by molar-refractivity contribution is 0.217. The van der Waals surface area contributed by atoms with Crippen LogP contribution in [0.2, 0.25) is 20.1 Å². The van der Waals surface area contributed by atoms with Crippen molar-refractivity contribution in [3.05, 3.63) is 80.8 Å². The van der Waals surface area contributed by atoms with Crippen LogP contribution in [0, 0.1) is 0 Å². The molecule has 0 bridgehead atoms. The fourth-order valence-corrected chi connectivity index (χ4v) is 5.53. The molecule has 0 saturated carbocycles. The molecule has 32 heavy (non-hydrogen) atoms. The van der Waals surface area contributed by atoms with Crippen LogP contribution in [-0.2, 0) is 4.52 Å². The molecule has 4 nitrogen and oxygen atoms in total. The zero-order chi connectivity index (χ0) is 22.7. The lowest BCUT2D eigenvalue weighted by atomic mass is 10.1. The third-order valence-electron chi connectivity index (χ3n) is 4.63. The smallest absolute Gasteiger partial charge is 0.415 e. The first kappa shape index (κ1) is 23.7. The predicted octanol–water partition coefficient (Wildman–Crippen LogP) is 8.69. The Hall–Kier alpha value is -1.49. The molecule has 1 N–H and O–H groups in total. The standard InChI is InChI=1S/C23H17Cl4O4P/c24-18-12-20(26)22(16-8-3-1-6-14(16)18)30-32(29-11-5-10-28)31-23-17-9-4-2-7-15(17)19(25)13-21(23)27/h1-4,6-9,12-13,28H,5,10-11H2. The van der Waals surface area contributed by atoms with Crippen molar-refractivity contribution in [2.45, 2.75) is 6.42 Å². The highest BCUT2D eigenvalue weighted by Gasteiger charge is 2.24. The normalized spacial score (nSPS) is 11.4. The largest absolute Gasteiger partial charge is 0.463 e. The quantitative estimate of drug-likeness (QED) is 0.183. The summed E-state index contributed by atoms with van der Waals surface area (Å²) in [6.07, 6.45) is 0.412. The molecule has 0 saturated heterocycles. The number of rotatable bonds is 8. The van der Waals surface area contributed by atoms with Crippen LogP contribution < -0.4 is 9.05 Å². The molecule has 4 aromatic rings. The van der Waals surface area contributed by atoms with Gasteiger partial charge in [-0.2, -0.15) is 0 Å². The van der Waals surface area contributed by atoms with Gasteiger partial charge in [-0.1, -0.05) is 94.9 Å². The van der Waals surface area contributed by atoms with Crippen LogP contribution in [0.4, 0.5) is 0 Å². The summed E-state index contributed by atoms with van der Waals surface area (Å²) in [7, 11) is -1.99. The molecule has 0 unspecified atom stereocenters. The van der Waals surface area contributed by atoms with E-state index in [1.165, 1.54) is 0 Å². The summed E-state index contributed by atoms with van der Waals surface area (Å²) in [5.74, 6) is 0.771. The zero-order valence-electron chi connectivity index (χ0n) is 16.5. The van der Waals surface area contributed by atoms with Crippen molar-refractivity contribution in [2.75, 3.05) is 13.2 Å². The molecule has 0 aliphatic carbocycles. The summed E-state index contributed by atoms with van der Waals surface area (Å²) in [6, 6.07) is 18.2. The monoisotopic (exact) mass is 528 g/mol. The Morgan fingerprint density at radius 2 is 1.09 bits per heavy atom. The van der Waals surface area contributed by atoms with E-state index in [9.17, 15) is 0 Å². The molecule has 0 radical (unpaired) electrons. The SMILES string of the molecule is OCCCOP(Oc1c(Cl)cc(Cl)c2ccccc12)Oc1c(Cl)cc(Cl)c2ccccc12. The highest BCUT2D eigenvalue weighted by molar-refractivity contribution is 7.42. The molecule has 166 valence electrons. The lowest BCUT2D eigenvalue weighted by Gasteiger charge is -2.21. The zero-order valence-corrected chi connectivity index (χ0v) is 20.4. The first-order valence-electron chi connectivity index (χ1n) is 9.63. The average Bonchev–Trinajstić information content (AvgIpc) is 2.79. The minimum absolute atomic E-state index is 0.0293. The van der Waals surface area contributed by atoms with Crippen LogP contribution in [0.1, 0.15) is 6.42 Å². The van der Waals surface area contributed by atoms with E-state index in [1.54, 1.807) is 12.1 Å². The molecule has 4 aromatic carbocycles. The van der Waals surface area contributed by atoms with E-state index in [0.717, 1.165) is 21.5 Å². The van der Waals surface area contributed by atoms with Crippen molar-refractivity contribution >= 4 is 76.6 Å². The van der Waals surface area contributed by atoms with E-state index in [4.69, 9.17) is 65.1 Å². The maximum Gasteiger partial charge on any atom is 0.463 e. The van der Waals surface area contributed by atoms with E-state index in [2.05, 4.69) is 0 Å². The van der Waals surface area contributed by atoms with E-state index < -0.39 is 8.60 Å². The predicted molar refractivity (Wildman–Crippen MR) is 134 cm³/mol. The van der Waals surface area contributed by atoms with E-state index in [0.29, 0.717) is 38.0 Å². The topological polar surface area (TPSA) is 47.9 Å². The summed E-state index contributed by atoms with van der Waals surface area (Å²) in [5.41, 5.74) is 0. The Kier molecular flexibility index (Phi) is 7.86. The highest BCUT2D eigenvalue weighted by Crippen LogP contribution is 2.50. The molecule has 4 rings (SSSR count). The minimum atomic E-state index is -1.99. The molecular weight excluding hydrogens is 513 g/mol. The van der Waals surface area contributed by atoms with Gasteiger partial charge in [-0.15, -0.1) is 0 Å². The number of aliphatic hydroxyl groups is 1. The Bertz CT molecular complexity index is 1170. The molecular formula is C23H17Cl4O4P. The number of benzene rings is 4. The second-order valence-electron chi connectivity index (χ2n) is 6.75. The summed E-state index contributed by atoms with van der Waals surface area (Å²) >= 11 is 25.6. The van der Waals surface area contributed by atoms with Gasteiger partial charge in [0.2, 0.25) is 0 Å². The average molecular weight is 530 g/mol. The fraction of sp³-hybridized carbons (Fsp3) is 0.130. The number of fused-ring (bicyclic) bond motifs is 2. The third kappa shape index (κ3) is 5.03. The van der Waals surface area contributed by atoms with Crippen molar-refractivity contribution in [2.24, 2.45) is 0 Å². The number of hydrogen-bond donors (Lipinski definition) is 1. The first-order chi connectivity index (χ1) is 15.5. The van der Waals surface area contributed by atoms with E-state index in [-0.39, 0.29) is 13.2 Å². The number of halogens is 4. The van der Waals surface area contributed by atoms with Crippen molar-refractivity contribution in [3.63, 3.8) is 0 Å². The highest BCUT2D eigenvalue weighted by atomic mass is 35.5. The molecule has 0 amide bonds. The van der Waals surface area contributed by atoms with Crippen LogP contribution in [0.3, 0.4) is 0 Å². The molecule has 0 fully saturated rings. The van der Waals surface area contributed by atoms with Crippen LogP contribution in [0.15, 0.2) is 60.7 Å². The minimum Gasteiger partial charge on any atom is -0.415 e. The van der Waals surface area contributed by atoms with Crippen molar-refractivity contribution in [1.82, 2.24) is 0 Å². The Balaban J connectivity index is 1.74. The van der Waals surface area contributed by atoms with Crippen LogP contribution in [-0.4, -0.2) is 18.3 Å².